The molecule has 0 aliphatic heterocycles. The van der Waals surface area contributed by atoms with Crippen molar-refractivity contribution in [1.29, 1.82) is 0 Å². The first-order valence-corrected chi connectivity index (χ1v) is 8.71. The molecule has 0 spiro atoms. The van der Waals surface area contributed by atoms with Gasteiger partial charge in [0.2, 0.25) is 0 Å². The van der Waals surface area contributed by atoms with Crippen molar-refractivity contribution in [2.24, 2.45) is 0 Å². The molecule has 3 rings (SSSR count). The average molecular weight is 419 g/mol. The molecule has 0 aliphatic carbocycles. The van der Waals surface area contributed by atoms with E-state index >= 15 is 0 Å². The third-order valence-electron chi connectivity index (χ3n) is 4.09. The van der Waals surface area contributed by atoms with Crippen LogP contribution in [0.1, 0.15) is 32.0 Å². The van der Waals surface area contributed by atoms with Gasteiger partial charge in [-0.3, -0.25) is 9.78 Å². The number of ether oxygens (including phenoxy) is 1. The van der Waals surface area contributed by atoms with E-state index in [1.54, 1.807) is 19.1 Å². The Morgan fingerprint density at radius 1 is 1.13 bits per heavy atom. The van der Waals surface area contributed by atoms with Crippen LogP contribution in [0.2, 0.25) is 0 Å². The standard InChI is InChI=1S/C19H16F3N5O3/c1-12-15(11-26-27(12)16-3-2-14(10-25-16)19(20,21)22)18(29)30-9-8-24-17(28)13-4-6-23-7-5-13/h2-7,10-11H,8-9H2,1H3,(H,24,28). The predicted octanol–water partition coefficient (Wildman–Crippen LogP) is 2.58. The van der Waals surface area contributed by atoms with Gasteiger partial charge in [-0.2, -0.15) is 18.3 Å². The van der Waals surface area contributed by atoms with Crippen molar-refractivity contribution in [3.63, 3.8) is 0 Å². The summed E-state index contributed by atoms with van der Waals surface area (Å²) in [5, 5.41) is 6.59. The van der Waals surface area contributed by atoms with Gasteiger partial charge in [0.1, 0.15) is 12.2 Å². The summed E-state index contributed by atoms with van der Waals surface area (Å²) in [6.45, 7) is 1.59. The molecule has 3 aromatic rings. The summed E-state index contributed by atoms with van der Waals surface area (Å²) in [6.07, 6.45) is 0.417. The molecule has 3 aromatic heterocycles. The maximum atomic E-state index is 12.7. The maximum absolute atomic E-state index is 12.7. The van der Waals surface area contributed by atoms with Crippen LogP contribution in [0.3, 0.4) is 0 Å². The summed E-state index contributed by atoms with van der Waals surface area (Å²) in [5.41, 5.74) is 0.0345. The van der Waals surface area contributed by atoms with Crippen LogP contribution in [0.4, 0.5) is 13.2 Å². The van der Waals surface area contributed by atoms with Gasteiger partial charge in [0.15, 0.2) is 5.82 Å². The first-order chi connectivity index (χ1) is 14.3. The lowest BCUT2D eigenvalue weighted by atomic mass is 10.2. The average Bonchev–Trinajstić information content (AvgIpc) is 3.12. The van der Waals surface area contributed by atoms with E-state index in [1.807, 2.05) is 0 Å². The lowest BCUT2D eigenvalue weighted by Crippen LogP contribution is -2.28. The van der Waals surface area contributed by atoms with Crippen molar-refractivity contribution < 1.29 is 27.5 Å². The van der Waals surface area contributed by atoms with Crippen LogP contribution in [-0.4, -0.2) is 44.8 Å². The highest BCUT2D eigenvalue weighted by molar-refractivity contribution is 5.94. The van der Waals surface area contributed by atoms with Crippen molar-refractivity contribution in [2.75, 3.05) is 13.2 Å². The first-order valence-electron chi connectivity index (χ1n) is 8.71. The number of carbonyl (C=O) groups excluding carboxylic acids is 2. The molecule has 3 heterocycles. The molecule has 0 aliphatic rings. The van der Waals surface area contributed by atoms with E-state index in [2.05, 4.69) is 20.4 Å². The molecule has 8 nitrogen and oxygen atoms in total. The Labute approximate surface area is 168 Å². The topological polar surface area (TPSA) is 99.0 Å². The molecule has 11 heteroatoms. The van der Waals surface area contributed by atoms with Crippen molar-refractivity contribution in [1.82, 2.24) is 25.1 Å². The third-order valence-corrected chi connectivity index (χ3v) is 4.09. The summed E-state index contributed by atoms with van der Waals surface area (Å²) in [5.74, 6) is -0.876. The maximum Gasteiger partial charge on any atom is 0.417 e. The van der Waals surface area contributed by atoms with Crippen molar-refractivity contribution in [3.8, 4) is 5.82 Å². The number of esters is 1. The van der Waals surface area contributed by atoms with Gasteiger partial charge in [-0.15, -0.1) is 0 Å². The van der Waals surface area contributed by atoms with Crippen LogP contribution in [-0.2, 0) is 10.9 Å². The highest BCUT2D eigenvalue weighted by Crippen LogP contribution is 2.28. The van der Waals surface area contributed by atoms with Crippen LogP contribution in [0.15, 0.2) is 49.1 Å². The van der Waals surface area contributed by atoms with E-state index in [4.69, 9.17) is 4.74 Å². The zero-order valence-electron chi connectivity index (χ0n) is 15.7. The molecule has 156 valence electrons. The normalized spacial score (nSPS) is 11.2. The SMILES string of the molecule is Cc1c(C(=O)OCCNC(=O)c2ccncc2)cnn1-c1ccc(C(F)(F)F)cn1. The van der Waals surface area contributed by atoms with Crippen molar-refractivity contribution >= 4 is 11.9 Å². The summed E-state index contributed by atoms with van der Waals surface area (Å²) in [7, 11) is 0. The quantitative estimate of drug-likeness (QED) is 0.487. The molecule has 0 bridgehead atoms. The highest BCUT2D eigenvalue weighted by atomic mass is 19.4. The second kappa shape index (κ2) is 8.72. The smallest absolute Gasteiger partial charge is 0.417 e. The van der Waals surface area contributed by atoms with Crippen LogP contribution in [0, 0.1) is 6.92 Å². The van der Waals surface area contributed by atoms with E-state index in [0.717, 1.165) is 12.1 Å². The fourth-order valence-electron chi connectivity index (χ4n) is 2.51. The van der Waals surface area contributed by atoms with Gasteiger partial charge < -0.3 is 10.1 Å². The zero-order valence-corrected chi connectivity index (χ0v) is 15.7. The van der Waals surface area contributed by atoms with Crippen LogP contribution in [0.5, 0.6) is 0 Å². The summed E-state index contributed by atoms with van der Waals surface area (Å²) >= 11 is 0. The minimum atomic E-state index is -4.49. The number of amides is 1. The Bertz CT molecular complexity index is 1030. The monoisotopic (exact) mass is 419 g/mol. The first kappa shape index (κ1) is 21.0. The molecule has 0 aromatic carbocycles. The van der Waals surface area contributed by atoms with Crippen LogP contribution < -0.4 is 5.32 Å². The Kier molecular flexibility index (Phi) is 6.09. The Balaban J connectivity index is 1.57. The van der Waals surface area contributed by atoms with Crippen LogP contribution in [0.25, 0.3) is 5.82 Å². The third kappa shape index (κ3) is 4.80. The second-order valence-electron chi connectivity index (χ2n) is 6.09. The molecule has 0 radical (unpaired) electrons. The molecule has 0 saturated carbocycles. The number of carbonyl (C=O) groups is 2. The number of rotatable bonds is 6. The molecule has 30 heavy (non-hydrogen) atoms. The van der Waals surface area contributed by atoms with Gasteiger partial charge in [-0.25, -0.2) is 14.5 Å². The Hall–Kier alpha value is -3.76. The number of halogens is 3. The summed E-state index contributed by atoms with van der Waals surface area (Å²) in [4.78, 5) is 31.7. The summed E-state index contributed by atoms with van der Waals surface area (Å²) < 4.78 is 44.3. The molecule has 1 N–H and O–H groups in total. The van der Waals surface area contributed by atoms with Crippen molar-refractivity contribution in [3.05, 3.63) is 71.4 Å². The number of pyridine rings is 2. The molecule has 0 unspecified atom stereocenters. The van der Waals surface area contributed by atoms with Gasteiger partial charge in [-0.1, -0.05) is 0 Å². The van der Waals surface area contributed by atoms with E-state index in [9.17, 15) is 22.8 Å². The number of hydrogen-bond acceptors (Lipinski definition) is 6. The minimum absolute atomic E-state index is 0.0706. The molecule has 0 fully saturated rings. The number of hydrogen-bond donors (Lipinski definition) is 1. The fourth-order valence-corrected chi connectivity index (χ4v) is 2.51. The number of alkyl halides is 3. The minimum Gasteiger partial charge on any atom is -0.460 e. The van der Waals surface area contributed by atoms with Crippen LogP contribution >= 0.6 is 0 Å². The van der Waals surface area contributed by atoms with Gasteiger partial charge in [-0.05, 0) is 31.2 Å². The highest BCUT2D eigenvalue weighted by Gasteiger charge is 2.30. The van der Waals surface area contributed by atoms with Gasteiger partial charge in [0, 0.05) is 24.2 Å². The number of nitrogens with one attached hydrogen (secondary N) is 1. The lowest BCUT2D eigenvalue weighted by molar-refractivity contribution is -0.137. The number of nitrogens with zero attached hydrogens (tertiary/aromatic N) is 4. The molecule has 1 amide bonds. The van der Waals surface area contributed by atoms with Gasteiger partial charge in [0.25, 0.3) is 5.91 Å². The van der Waals surface area contributed by atoms with E-state index in [-0.39, 0.29) is 30.4 Å². The zero-order chi connectivity index (χ0) is 21.7. The Morgan fingerprint density at radius 3 is 2.50 bits per heavy atom. The van der Waals surface area contributed by atoms with Crippen molar-refractivity contribution in [2.45, 2.75) is 13.1 Å². The molecule has 0 atom stereocenters. The Morgan fingerprint density at radius 2 is 1.87 bits per heavy atom. The van der Waals surface area contributed by atoms with E-state index in [0.29, 0.717) is 17.5 Å². The van der Waals surface area contributed by atoms with E-state index in [1.165, 1.54) is 23.3 Å². The number of aromatic nitrogens is 4. The lowest BCUT2D eigenvalue weighted by Gasteiger charge is -2.08. The largest absolute Gasteiger partial charge is 0.460 e. The van der Waals surface area contributed by atoms with Gasteiger partial charge in [0.05, 0.1) is 24.0 Å². The predicted molar refractivity (Wildman–Crippen MR) is 98.0 cm³/mol. The van der Waals surface area contributed by atoms with Gasteiger partial charge >= 0.3 is 12.1 Å². The molecular formula is C19H16F3N5O3. The fraction of sp³-hybridized carbons (Fsp3) is 0.211. The van der Waals surface area contributed by atoms with E-state index < -0.39 is 17.7 Å². The second-order valence-corrected chi connectivity index (χ2v) is 6.09. The summed E-state index contributed by atoms with van der Waals surface area (Å²) in [6, 6.07) is 5.14. The molecular weight excluding hydrogens is 403 g/mol. The molecule has 0 saturated heterocycles.